The third-order valence-corrected chi connectivity index (χ3v) is 4.41. The Morgan fingerprint density at radius 2 is 1.50 bits per heavy atom. The van der Waals surface area contributed by atoms with Crippen molar-refractivity contribution in [2.75, 3.05) is 0 Å². The first-order valence-corrected chi connectivity index (χ1v) is 8.24. The van der Waals surface area contributed by atoms with Crippen LogP contribution in [0.15, 0.2) is 48.8 Å². The van der Waals surface area contributed by atoms with Gasteiger partial charge < -0.3 is 0 Å². The van der Waals surface area contributed by atoms with Crippen LogP contribution in [0.5, 0.6) is 0 Å². The Labute approximate surface area is 134 Å². The predicted octanol–water partition coefficient (Wildman–Crippen LogP) is 4.39. The maximum Gasteiger partial charge on any atom is 0.222 e. The summed E-state index contributed by atoms with van der Waals surface area (Å²) in [6.45, 7) is 9.10. The van der Waals surface area contributed by atoms with E-state index in [1.165, 1.54) is 16.7 Å². The van der Waals surface area contributed by atoms with Gasteiger partial charge in [-0.2, -0.15) is 0 Å². The molecule has 2 heteroatoms. The van der Waals surface area contributed by atoms with Crippen LogP contribution in [0.1, 0.15) is 50.3 Å². The van der Waals surface area contributed by atoms with E-state index >= 15 is 0 Å². The minimum Gasteiger partial charge on any atom is -0.285 e. The SMILES string of the molecule is CC(C)Cc1cccc(CC(C)C(C)c2cc[n+](O)cc2)c1. The molecule has 1 heterocycles. The van der Waals surface area contributed by atoms with Gasteiger partial charge in [-0.05, 0) is 47.3 Å². The minimum absolute atomic E-state index is 0.468. The maximum absolute atomic E-state index is 9.33. The molecule has 0 spiro atoms. The molecule has 2 rings (SSSR count). The van der Waals surface area contributed by atoms with Crippen molar-refractivity contribution in [1.82, 2.24) is 0 Å². The second-order valence-corrected chi connectivity index (χ2v) is 6.90. The third-order valence-electron chi connectivity index (χ3n) is 4.41. The van der Waals surface area contributed by atoms with Crippen molar-refractivity contribution >= 4 is 0 Å². The molecule has 2 nitrogen and oxygen atoms in total. The summed E-state index contributed by atoms with van der Waals surface area (Å²) in [5.41, 5.74) is 4.13. The van der Waals surface area contributed by atoms with Crippen molar-refractivity contribution in [2.24, 2.45) is 11.8 Å². The first-order chi connectivity index (χ1) is 10.5. The van der Waals surface area contributed by atoms with Crippen LogP contribution in [0, 0.1) is 11.8 Å². The van der Waals surface area contributed by atoms with E-state index in [1.54, 1.807) is 12.4 Å². The molecule has 1 N–H and O–H groups in total. The summed E-state index contributed by atoms with van der Waals surface area (Å²) < 4.78 is 1.09. The van der Waals surface area contributed by atoms with Crippen LogP contribution in [-0.4, -0.2) is 5.21 Å². The smallest absolute Gasteiger partial charge is 0.222 e. The fourth-order valence-corrected chi connectivity index (χ4v) is 2.97. The van der Waals surface area contributed by atoms with Crippen molar-refractivity contribution in [1.29, 1.82) is 0 Å². The second kappa shape index (κ2) is 7.44. The summed E-state index contributed by atoms with van der Waals surface area (Å²) in [4.78, 5) is 0. The summed E-state index contributed by atoms with van der Waals surface area (Å²) in [5, 5.41) is 9.33. The Hall–Kier alpha value is -1.83. The van der Waals surface area contributed by atoms with E-state index in [1.807, 2.05) is 12.1 Å². The summed E-state index contributed by atoms with van der Waals surface area (Å²) in [6.07, 6.45) is 5.62. The van der Waals surface area contributed by atoms with E-state index in [2.05, 4.69) is 52.0 Å². The molecule has 1 aromatic heterocycles. The zero-order valence-corrected chi connectivity index (χ0v) is 14.2. The highest BCUT2D eigenvalue weighted by atomic mass is 16.5. The molecule has 0 aliphatic heterocycles. The highest BCUT2D eigenvalue weighted by molar-refractivity contribution is 5.25. The molecule has 0 radical (unpaired) electrons. The first kappa shape index (κ1) is 16.5. The van der Waals surface area contributed by atoms with E-state index in [9.17, 15) is 5.21 Å². The fraction of sp³-hybridized carbons (Fsp3) is 0.450. The average Bonchev–Trinajstić information content (AvgIpc) is 2.47. The molecule has 0 aliphatic rings. The van der Waals surface area contributed by atoms with Crippen LogP contribution in [0.25, 0.3) is 0 Å². The Balaban J connectivity index is 2.04. The normalized spacial score (nSPS) is 14.0. The van der Waals surface area contributed by atoms with Gasteiger partial charge in [0.15, 0.2) is 0 Å². The highest BCUT2D eigenvalue weighted by Crippen LogP contribution is 2.26. The van der Waals surface area contributed by atoms with Crippen LogP contribution in [0.4, 0.5) is 0 Å². The lowest BCUT2D eigenvalue weighted by molar-refractivity contribution is -0.904. The van der Waals surface area contributed by atoms with Crippen molar-refractivity contribution in [3.63, 3.8) is 0 Å². The predicted molar refractivity (Wildman–Crippen MR) is 90.1 cm³/mol. The van der Waals surface area contributed by atoms with Gasteiger partial charge in [-0.1, -0.05) is 52.0 Å². The molecule has 0 amide bonds. The molecule has 0 aliphatic carbocycles. The minimum atomic E-state index is 0.468. The topological polar surface area (TPSA) is 24.1 Å². The Morgan fingerprint density at radius 1 is 0.909 bits per heavy atom. The summed E-state index contributed by atoms with van der Waals surface area (Å²) >= 11 is 0. The second-order valence-electron chi connectivity index (χ2n) is 6.90. The Morgan fingerprint density at radius 3 is 2.09 bits per heavy atom. The lowest BCUT2D eigenvalue weighted by atomic mass is 9.84. The van der Waals surface area contributed by atoms with Crippen molar-refractivity contribution in [3.05, 3.63) is 65.5 Å². The number of rotatable bonds is 6. The number of nitrogens with zero attached hydrogens (tertiary/aromatic N) is 1. The summed E-state index contributed by atoms with van der Waals surface area (Å²) in [5.74, 6) is 1.72. The first-order valence-electron chi connectivity index (χ1n) is 8.24. The monoisotopic (exact) mass is 298 g/mol. The molecule has 0 saturated carbocycles. The van der Waals surface area contributed by atoms with E-state index < -0.39 is 0 Å². The lowest BCUT2D eigenvalue weighted by Gasteiger charge is -2.20. The molecule has 2 atom stereocenters. The highest BCUT2D eigenvalue weighted by Gasteiger charge is 2.16. The Kier molecular flexibility index (Phi) is 5.59. The molecule has 118 valence electrons. The zero-order valence-electron chi connectivity index (χ0n) is 14.2. The van der Waals surface area contributed by atoms with E-state index in [4.69, 9.17) is 0 Å². The molecule has 0 fully saturated rings. The molecule has 22 heavy (non-hydrogen) atoms. The van der Waals surface area contributed by atoms with E-state index in [0.29, 0.717) is 17.8 Å². The van der Waals surface area contributed by atoms with Crippen LogP contribution in [0.3, 0.4) is 0 Å². The van der Waals surface area contributed by atoms with Crippen LogP contribution >= 0.6 is 0 Å². The number of aromatic nitrogens is 1. The maximum atomic E-state index is 9.33. The van der Waals surface area contributed by atoms with Gasteiger partial charge >= 0.3 is 0 Å². The van der Waals surface area contributed by atoms with Gasteiger partial charge in [-0.25, -0.2) is 0 Å². The molecular formula is C20H28NO+. The standard InChI is InChI=1S/C20H28NO/c1-15(2)12-18-6-5-7-19(14-18)13-16(3)17(4)20-8-10-21(22)11-9-20/h5-11,14-17,22H,12-13H2,1-4H3/q+1. The van der Waals surface area contributed by atoms with Crippen molar-refractivity contribution in [2.45, 2.75) is 46.5 Å². The van der Waals surface area contributed by atoms with Gasteiger partial charge in [-0.15, -0.1) is 0 Å². The van der Waals surface area contributed by atoms with E-state index in [0.717, 1.165) is 17.6 Å². The van der Waals surface area contributed by atoms with E-state index in [-0.39, 0.29) is 0 Å². The zero-order chi connectivity index (χ0) is 16.1. The summed E-state index contributed by atoms with van der Waals surface area (Å²) in [6, 6.07) is 13.0. The number of benzene rings is 1. The number of pyridine rings is 1. The van der Waals surface area contributed by atoms with Gasteiger partial charge in [-0.3, -0.25) is 5.21 Å². The third kappa shape index (κ3) is 4.59. The molecule has 2 unspecified atom stereocenters. The van der Waals surface area contributed by atoms with Gasteiger partial charge in [0.25, 0.3) is 0 Å². The summed E-state index contributed by atoms with van der Waals surface area (Å²) in [7, 11) is 0. The molecule has 2 aromatic rings. The molecule has 1 aromatic carbocycles. The largest absolute Gasteiger partial charge is 0.285 e. The van der Waals surface area contributed by atoms with Crippen LogP contribution in [0.2, 0.25) is 0 Å². The number of hydrogen-bond donors (Lipinski definition) is 1. The van der Waals surface area contributed by atoms with Crippen LogP contribution in [-0.2, 0) is 12.8 Å². The lowest BCUT2D eigenvalue weighted by Crippen LogP contribution is -2.28. The van der Waals surface area contributed by atoms with Gasteiger partial charge in [0.05, 0.1) is 0 Å². The van der Waals surface area contributed by atoms with Crippen molar-refractivity contribution < 1.29 is 9.94 Å². The van der Waals surface area contributed by atoms with Gasteiger partial charge in [0.2, 0.25) is 12.4 Å². The molecule has 0 saturated heterocycles. The van der Waals surface area contributed by atoms with Gasteiger partial charge in [0, 0.05) is 16.9 Å². The molecule has 0 bridgehead atoms. The molecular weight excluding hydrogens is 270 g/mol. The average molecular weight is 298 g/mol. The van der Waals surface area contributed by atoms with Crippen molar-refractivity contribution in [3.8, 4) is 0 Å². The van der Waals surface area contributed by atoms with Crippen LogP contribution < -0.4 is 4.73 Å². The number of hydrogen-bond acceptors (Lipinski definition) is 1. The quantitative estimate of drug-likeness (QED) is 0.620. The Bertz CT molecular complexity index is 589. The van der Waals surface area contributed by atoms with Gasteiger partial charge in [0.1, 0.15) is 0 Å². The fourth-order valence-electron chi connectivity index (χ4n) is 2.97.